The van der Waals surface area contributed by atoms with Crippen molar-refractivity contribution in [3.8, 4) is 11.5 Å². The molecule has 2 N–H and O–H groups in total. The van der Waals surface area contributed by atoms with Crippen LogP contribution in [0.2, 0.25) is 5.02 Å². The zero-order valence-corrected chi connectivity index (χ0v) is 20.5. The first kappa shape index (κ1) is 23.5. The first-order valence-corrected chi connectivity index (χ1v) is 11.5. The Hall–Kier alpha value is -4.23. The minimum atomic E-state index is -1.00. The summed E-state index contributed by atoms with van der Waals surface area (Å²) in [4.78, 5) is 28.5. The number of furan rings is 1. The first-order valence-electron chi connectivity index (χ1n) is 11.1. The van der Waals surface area contributed by atoms with Crippen molar-refractivity contribution in [1.29, 1.82) is 0 Å². The molecule has 8 heteroatoms. The Kier molecular flexibility index (Phi) is 5.73. The molecule has 0 bridgehead atoms. The van der Waals surface area contributed by atoms with E-state index in [9.17, 15) is 19.8 Å². The summed E-state index contributed by atoms with van der Waals surface area (Å²) in [5, 5.41) is 22.5. The molecule has 0 spiro atoms. The van der Waals surface area contributed by atoms with Crippen LogP contribution in [0.25, 0.3) is 11.0 Å². The Morgan fingerprint density at radius 3 is 2.50 bits per heavy atom. The standard InChI is InChI=1S/C28H22ClNO6/c1-14-5-4-6-16(9-14)24-23(26(33)28(34)30(24)19-10-15(2)7-8-20(19)31)25(32)21-12-17-11-18(29)13-22(35-3)27(17)36-21/h4-13,24,31,33H,1-3H3. The first-order chi connectivity index (χ1) is 17.2. The number of halogens is 1. The quantitative estimate of drug-likeness (QED) is 0.314. The lowest BCUT2D eigenvalue weighted by Gasteiger charge is -2.27. The summed E-state index contributed by atoms with van der Waals surface area (Å²) in [5.74, 6) is -2.08. The summed E-state index contributed by atoms with van der Waals surface area (Å²) < 4.78 is 11.2. The van der Waals surface area contributed by atoms with Gasteiger partial charge in [0.1, 0.15) is 5.75 Å². The summed E-state index contributed by atoms with van der Waals surface area (Å²) in [6, 6.07) is 15.8. The van der Waals surface area contributed by atoms with Crippen molar-refractivity contribution in [1.82, 2.24) is 0 Å². The van der Waals surface area contributed by atoms with Gasteiger partial charge in [-0.2, -0.15) is 0 Å². The van der Waals surface area contributed by atoms with Crippen LogP contribution in [0, 0.1) is 13.8 Å². The predicted molar refractivity (Wildman–Crippen MR) is 136 cm³/mol. The van der Waals surface area contributed by atoms with E-state index in [1.165, 1.54) is 24.1 Å². The van der Waals surface area contributed by atoms with Gasteiger partial charge >= 0.3 is 0 Å². The summed E-state index contributed by atoms with van der Waals surface area (Å²) in [5.41, 5.74) is 2.62. The molecule has 182 valence electrons. The number of nitrogens with zero attached hydrogens (tertiary/aromatic N) is 1. The molecule has 36 heavy (non-hydrogen) atoms. The number of ether oxygens (including phenoxy) is 1. The monoisotopic (exact) mass is 503 g/mol. The van der Waals surface area contributed by atoms with Crippen molar-refractivity contribution >= 4 is 39.9 Å². The minimum Gasteiger partial charge on any atom is -0.506 e. The molecule has 1 aliphatic heterocycles. The van der Waals surface area contributed by atoms with E-state index in [1.54, 1.807) is 36.4 Å². The number of Topliss-reactive ketones (excluding diaryl/α,β-unsaturated/α-hetero) is 1. The number of hydrogen-bond acceptors (Lipinski definition) is 6. The van der Waals surface area contributed by atoms with Gasteiger partial charge in [-0.25, -0.2) is 0 Å². The van der Waals surface area contributed by atoms with Gasteiger partial charge in [0.25, 0.3) is 5.91 Å². The Morgan fingerprint density at radius 1 is 1.03 bits per heavy atom. The van der Waals surface area contributed by atoms with Crippen molar-refractivity contribution in [3.63, 3.8) is 0 Å². The van der Waals surface area contributed by atoms with Crippen LogP contribution in [0.4, 0.5) is 5.69 Å². The SMILES string of the molecule is COc1cc(Cl)cc2cc(C(=O)C3=C(O)C(=O)N(c4cc(C)ccc4O)C3c3cccc(C)c3)oc12. The Bertz CT molecular complexity index is 1580. The number of phenolic OH excluding ortho intramolecular Hbond substituents is 1. The van der Waals surface area contributed by atoms with E-state index in [0.717, 1.165) is 11.1 Å². The highest BCUT2D eigenvalue weighted by Gasteiger charge is 2.46. The number of aliphatic hydroxyl groups is 1. The van der Waals surface area contributed by atoms with Crippen molar-refractivity contribution in [2.24, 2.45) is 0 Å². The fourth-order valence-electron chi connectivity index (χ4n) is 4.55. The van der Waals surface area contributed by atoms with E-state index in [4.69, 9.17) is 20.8 Å². The van der Waals surface area contributed by atoms with Gasteiger partial charge < -0.3 is 19.4 Å². The molecule has 1 aliphatic rings. The molecule has 1 amide bonds. The lowest BCUT2D eigenvalue weighted by molar-refractivity contribution is -0.117. The zero-order chi connectivity index (χ0) is 25.7. The Morgan fingerprint density at radius 2 is 1.78 bits per heavy atom. The molecular weight excluding hydrogens is 482 g/mol. The summed E-state index contributed by atoms with van der Waals surface area (Å²) >= 11 is 6.16. The fraction of sp³-hybridized carbons (Fsp3) is 0.143. The smallest absolute Gasteiger partial charge is 0.294 e. The van der Waals surface area contributed by atoms with Gasteiger partial charge in [-0.05, 0) is 49.2 Å². The third-order valence-electron chi connectivity index (χ3n) is 6.19. The number of phenols is 1. The largest absolute Gasteiger partial charge is 0.506 e. The average Bonchev–Trinajstić information content (AvgIpc) is 3.38. The van der Waals surface area contributed by atoms with Gasteiger partial charge in [0, 0.05) is 16.5 Å². The topological polar surface area (TPSA) is 100 Å². The molecule has 0 fully saturated rings. The fourth-order valence-corrected chi connectivity index (χ4v) is 4.77. The number of anilines is 1. The van der Waals surface area contributed by atoms with E-state index >= 15 is 0 Å². The van der Waals surface area contributed by atoms with Crippen LogP contribution in [0.15, 0.2) is 76.4 Å². The second kappa shape index (κ2) is 8.77. The molecule has 0 radical (unpaired) electrons. The van der Waals surface area contributed by atoms with Gasteiger partial charge in [0.05, 0.1) is 24.4 Å². The Balaban J connectivity index is 1.70. The molecule has 2 heterocycles. The predicted octanol–water partition coefficient (Wildman–Crippen LogP) is 6.20. The summed E-state index contributed by atoms with van der Waals surface area (Å²) in [7, 11) is 1.46. The van der Waals surface area contributed by atoms with Gasteiger partial charge in [0.15, 0.2) is 22.9 Å². The summed E-state index contributed by atoms with van der Waals surface area (Å²) in [6.45, 7) is 3.70. The van der Waals surface area contributed by atoms with E-state index < -0.39 is 23.5 Å². The number of aryl methyl sites for hydroxylation is 2. The molecule has 1 atom stereocenters. The lowest BCUT2D eigenvalue weighted by Crippen LogP contribution is -2.31. The summed E-state index contributed by atoms with van der Waals surface area (Å²) in [6.07, 6.45) is 0. The molecule has 0 saturated heterocycles. The van der Waals surface area contributed by atoms with Crippen LogP contribution in [0.5, 0.6) is 11.5 Å². The maximum absolute atomic E-state index is 13.8. The van der Waals surface area contributed by atoms with Crippen LogP contribution < -0.4 is 9.64 Å². The third-order valence-corrected chi connectivity index (χ3v) is 6.41. The number of carbonyl (C=O) groups excluding carboxylic acids is 2. The van der Waals surface area contributed by atoms with Gasteiger partial charge in [0.2, 0.25) is 5.78 Å². The Labute approximate surface area is 211 Å². The molecule has 0 saturated carbocycles. The number of hydrogen-bond donors (Lipinski definition) is 2. The van der Waals surface area contributed by atoms with E-state index in [2.05, 4.69) is 0 Å². The lowest BCUT2D eigenvalue weighted by atomic mass is 9.93. The number of aliphatic hydroxyl groups excluding tert-OH is 1. The molecule has 0 aliphatic carbocycles. The van der Waals surface area contributed by atoms with Crippen molar-refractivity contribution < 1.29 is 29.0 Å². The molecular formula is C28H22ClNO6. The zero-order valence-electron chi connectivity index (χ0n) is 19.7. The molecule has 1 aromatic heterocycles. The number of ketones is 1. The third kappa shape index (κ3) is 3.78. The number of methoxy groups -OCH3 is 1. The van der Waals surface area contributed by atoms with E-state index in [-0.39, 0.29) is 22.8 Å². The highest BCUT2D eigenvalue weighted by molar-refractivity contribution is 6.31. The second-order valence-electron chi connectivity index (χ2n) is 8.71. The van der Waals surface area contributed by atoms with Crippen molar-refractivity contribution in [3.05, 3.63) is 99.5 Å². The highest BCUT2D eigenvalue weighted by Crippen LogP contribution is 2.45. The molecule has 4 aromatic rings. The maximum atomic E-state index is 13.8. The molecule has 7 nitrogen and oxygen atoms in total. The number of rotatable bonds is 5. The molecule has 1 unspecified atom stereocenters. The molecule has 3 aromatic carbocycles. The second-order valence-corrected chi connectivity index (χ2v) is 9.15. The molecule has 5 rings (SSSR count). The van der Waals surface area contributed by atoms with Gasteiger partial charge in [-0.1, -0.05) is 47.5 Å². The normalized spacial score (nSPS) is 15.7. The van der Waals surface area contributed by atoms with E-state index in [1.807, 2.05) is 26.0 Å². The number of carbonyl (C=O) groups is 2. The average molecular weight is 504 g/mol. The van der Waals surface area contributed by atoms with Crippen molar-refractivity contribution in [2.45, 2.75) is 19.9 Å². The highest BCUT2D eigenvalue weighted by atomic mass is 35.5. The van der Waals surface area contributed by atoms with Crippen LogP contribution in [0.1, 0.15) is 33.3 Å². The maximum Gasteiger partial charge on any atom is 0.294 e. The van der Waals surface area contributed by atoms with E-state index in [0.29, 0.717) is 27.3 Å². The minimum absolute atomic E-state index is 0.0899. The van der Waals surface area contributed by atoms with Crippen molar-refractivity contribution in [2.75, 3.05) is 12.0 Å². The van der Waals surface area contributed by atoms with Crippen LogP contribution in [-0.2, 0) is 4.79 Å². The number of aromatic hydroxyl groups is 1. The van der Waals surface area contributed by atoms with Gasteiger partial charge in [-0.15, -0.1) is 0 Å². The van der Waals surface area contributed by atoms with Gasteiger partial charge in [-0.3, -0.25) is 14.5 Å². The number of fused-ring (bicyclic) bond motifs is 1. The number of amides is 1. The van der Waals surface area contributed by atoms with Crippen LogP contribution in [0.3, 0.4) is 0 Å². The van der Waals surface area contributed by atoms with Crippen LogP contribution >= 0.6 is 11.6 Å². The number of benzene rings is 3. The van der Waals surface area contributed by atoms with Crippen LogP contribution in [-0.4, -0.2) is 29.0 Å².